The molecule has 0 amide bonds. The van der Waals surface area contributed by atoms with Crippen LogP contribution >= 0.6 is 0 Å². The van der Waals surface area contributed by atoms with Crippen LogP contribution < -0.4 is 11.3 Å². The molecule has 0 saturated carbocycles. The summed E-state index contributed by atoms with van der Waals surface area (Å²) in [5, 5.41) is 0. The summed E-state index contributed by atoms with van der Waals surface area (Å²) >= 11 is 0. The fourth-order valence-corrected chi connectivity index (χ4v) is 2.38. The minimum absolute atomic E-state index is 0.259. The van der Waals surface area contributed by atoms with Gasteiger partial charge in [-0.2, -0.15) is 0 Å². The van der Waals surface area contributed by atoms with E-state index in [0.717, 1.165) is 17.2 Å². The zero-order valence-electron chi connectivity index (χ0n) is 11.6. The lowest BCUT2D eigenvalue weighted by molar-refractivity contribution is 0.497. The normalized spacial score (nSPS) is 12.4. The molecule has 0 aromatic heterocycles. The third kappa shape index (κ3) is 3.03. The Morgan fingerprint density at radius 3 is 2.25 bits per heavy atom. The fourth-order valence-electron chi connectivity index (χ4n) is 2.38. The van der Waals surface area contributed by atoms with Crippen molar-refractivity contribution < 1.29 is 8.78 Å². The molecule has 2 aromatic rings. The van der Waals surface area contributed by atoms with Gasteiger partial charge in [-0.15, -0.1) is 0 Å². The molecule has 2 rings (SSSR count). The van der Waals surface area contributed by atoms with Crippen LogP contribution in [0.25, 0.3) is 0 Å². The van der Waals surface area contributed by atoms with Gasteiger partial charge in [0.2, 0.25) is 0 Å². The molecule has 0 heterocycles. The molecule has 1 atom stereocenters. The van der Waals surface area contributed by atoms with Gasteiger partial charge in [-0.3, -0.25) is 11.3 Å². The lowest BCUT2D eigenvalue weighted by atomic mass is 9.93. The summed E-state index contributed by atoms with van der Waals surface area (Å²) in [5.41, 5.74) is 6.80. The van der Waals surface area contributed by atoms with Crippen LogP contribution in [-0.2, 0) is 6.42 Å². The minimum atomic E-state index is -0.857. The molecule has 0 aliphatic rings. The molecule has 4 heteroatoms. The standard InChI is InChI=1S/C16H18F2N2/c1-10-4-3-5-11(2)13(10)9-16(20-19)12-6-7-14(17)15(18)8-12/h3-8,16,20H,9,19H2,1-2H3. The third-order valence-electron chi connectivity index (χ3n) is 3.60. The average Bonchev–Trinajstić information content (AvgIpc) is 2.42. The van der Waals surface area contributed by atoms with Gasteiger partial charge in [0.25, 0.3) is 0 Å². The van der Waals surface area contributed by atoms with Gasteiger partial charge >= 0.3 is 0 Å². The largest absolute Gasteiger partial charge is 0.271 e. The second-order valence-corrected chi connectivity index (χ2v) is 4.97. The van der Waals surface area contributed by atoms with Gasteiger partial charge in [-0.1, -0.05) is 24.3 Å². The Labute approximate surface area is 117 Å². The van der Waals surface area contributed by atoms with E-state index in [0.29, 0.717) is 12.0 Å². The molecule has 0 aliphatic heterocycles. The molecule has 2 aromatic carbocycles. The maximum Gasteiger partial charge on any atom is 0.159 e. The summed E-state index contributed by atoms with van der Waals surface area (Å²) in [7, 11) is 0. The first-order chi connectivity index (χ1) is 9.52. The topological polar surface area (TPSA) is 38.0 Å². The maximum absolute atomic E-state index is 13.3. The summed E-state index contributed by atoms with van der Waals surface area (Å²) in [6.45, 7) is 4.06. The van der Waals surface area contributed by atoms with Crippen molar-refractivity contribution in [3.05, 3.63) is 70.3 Å². The van der Waals surface area contributed by atoms with Crippen molar-refractivity contribution >= 4 is 0 Å². The number of rotatable bonds is 4. The number of halogens is 2. The summed E-state index contributed by atoms with van der Waals surface area (Å²) in [6.07, 6.45) is 0.625. The molecule has 0 bridgehead atoms. The Morgan fingerprint density at radius 2 is 1.70 bits per heavy atom. The van der Waals surface area contributed by atoms with Crippen LogP contribution in [0.3, 0.4) is 0 Å². The van der Waals surface area contributed by atoms with Crippen molar-refractivity contribution in [2.75, 3.05) is 0 Å². The molecule has 0 radical (unpaired) electrons. The molecule has 3 N–H and O–H groups in total. The first-order valence-electron chi connectivity index (χ1n) is 6.49. The van der Waals surface area contributed by atoms with Crippen molar-refractivity contribution in [1.29, 1.82) is 0 Å². The molecule has 0 saturated heterocycles. The first kappa shape index (κ1) is 14.6. The number of hydrogen-bond acceptors (Lipinski definition) is 2. The van der Waals surface area contributed by atoms with Crippen LogP contribution in [-0.4, -0.2) is 0 Å². The monoisotopic (exact) mass is 276 g/mol. The molecular weight excluding hydrogens is 258 g/mol. The lowest BCUT2D eigenvalue weighted by Crippen LogP contribution is -2.30. The zero-order valence-corrected chi connectivity index (χ0v) is 11.6. The van der Waals surface area contributed by atoms with Crippen LogP contribution in [0.1, 0.15) is 28.3 Å². The Bertz CT molecular complexity index is 591. The Hall–Kier alpha value is -1.78. The summed E-state index contributed by atoms with van der Waals surface area (Å²) in [4.78, 5) is 0. The molecule has 106 valence electrons. The van der Waals surface area contributed by atoms with Gasteiger partial charge in [0.05, 0.1) is 6.04 Å². The van der Waals surface area contributed by atoms with Gasteiger partial charge in [-0.25, -0.2) is 8.78 Å². The second kappa shape index (κ2) is 6.11. The molecule has 20 heavy (non-hydrogen) atoms. The van der Waals surface area contributed by atoms with Crippen LogP contribution in [0.5, 0.6) is 0 Å². The van der Waals surface area contributed by atoms with Gasteiger partial charge in [0.1, 0.15) is 0 Å². The van der Waals surface area contributed by atoms with Gasteiger partial charge in [0, 0.05) is 0 Å². The van der Waals surface area contributed by atoms with E-state index in [1.165, 1.54) is 11.6 Å². The summed E-state index contributed by atoms with van der Waals surface area (Å²) in [6, 6.07) is 9.66. The Balaban J connectivity index is 2.31. The van der Waals surface area contributed by atoms with E-state index in [1.54, 1.807) is 6.07 Å². The van der Waals surface area contributed by atoms with E-state index in [4.69, 9.17) is 5.84 Å². The number of hydrogen-bond donors (Lipinski definition) is 2. The number of nitrogens with one attached hydrogen (secondary N) is 1. The molecule has 0 fully saturated rings. The Kier molecular flexibility index (Phi) is 4.47. The van der Waals surface area contributed by atoms with E-state index >= 15 is 0 Å². The number of benzene rings is 2. The van der Waals surface area contributed by atoms with Crippen molar-refractivity contribution in [1.82, 2.24) is 5.43 Å². The molecule has 0 spiro atoms. The number of hydrazine groups is 1. The minimum Gasteiger partial charge on any atom is -0.271 e. The average molecular weight is 276 g/mol. The predicted molar refractivity (Wildman–Crippen MR) is 76.0 cm³/mol. The van der Waals surface area contributed by atoms with E-state index in [2.05, 4.69) is 5.43 Å². The van der Waals surface area contributed by atoms with Crippen molar-refractivity contribution in [3.8, 4) is 0 Å². The fraction of sp³-hybridized carbons (Fsp3) is 0.250. The predicted octanol–water partition coefficient (Wildman–Crippen LogP) is 3.33. The highest BCUT2D eigenvalue weighted by Gasteiger charge is 2.15. The van der Waals surface area contributed by atoms with Gasteiger partial charge in [0.15, 0.2) is 11.6 Å². The van der Waals surface area contributed by atoms with Crippen molar-refractivity contribution in [2.45, 2.75) is 26.3 Å². The van der Waals surface area contributed by atoms with Crippen molar-refractivity contribution in [3.63, 3.8) is 0 Å². The molecule has 2 nitrogen and oxygen atoms in total. The SMILES string of the molecule is Cc1cccc(C)c1CC(NN)c1ccc(F)c(F)c1. The van der Waals surface area contributed by atoms with Crippen molar-refractivity contribution in [2.24, 2.45) is 5.84 Å². The number of nitrogens with two attached hydrogens (primary N) is 1. The van der Waals surface area contributed by atoms with E-state index in [1.807, 2.05) is 32.0 Å². The molecular formula is C16H18F2N2. The van der Waals surface area contributed by atoms with E-state index in [9.17, 15) is 8.78 Å². The maximum atomic E-state index is 13.3. The summed E-state index contributed by atoms with van der Waals surface area (Å²) < 4.78 is 26.3. The van der Waals surface area contributed by atoms with Crippen LogP contribution in [0, 0.1) is 25.5 Å². The quantitative estimate of drug-likeness (QED) is 0.664. The van der Waals surface area contributed by atoms with Crippen LogP contribution in [0.2, 0.25) is 0 Å². The van der Waals surface area contributed by atoms with E-state index < -0.39 is 11.6 Å². The zero-order chi connectivity index (χ0) is 14.7. The molecule has 1 unspecified atom stereocenters. The van der Waals surface area contributed by atoms with Gasteiger partial charge < -0.3 is 0 Å². The lowest BCUT2D eigenvalue weighted by Gasteiger charge is -2.19. The smallest absolute Gasteiger partial charge is 0.159 e. The highest BCUT2D eigenvalue weighted by Crippen LogP contribution is 2.23. The van der Waals surface area contributed by atoms with Crippen LogP contribution in [0.4, 0.5) is 8.78 Å². The third-order valence-corrected chi connectivity index (χ3v) is 3.60. The second-order valence-electron chi connectivity index (χ2n) is 4.97. The molecule has 0 aliphatic carbocycles. The van der Waals surface area contributed by atoms with E-state index in [-0.39, 0.29) is 6.04 Å². The first-order valence-corrected chi connectivity index (χ1v) is 6.49. The number of aryl methyl sites for hydroxylation is 2. The Morgan fingerprint density at radius 1 is 1.05 bits per heavy atom. The van der Waals surface area contributed by atoms with Crippen LogP contribution in [0.15, 0.2) is 36.4 Å². The summed E-state index contributed by atoms with van der Waals surface area (Å²) in [5.74, 6) is 3.87. The highest BCUT2D eigenvalue weighted by molar-refractivity contribution is 5.35. The van der Waals surface area contributed by atoms with Gasteiger partial charge in [-0.05, 0) is 54.7 Å². The highest BCUT2D eigenvalue weighted by atomic mass is 19.2.